The molecule has 0 aromatic heterocycles. The van der Waals surface area contributed by atoms with Crippen molar-refractivity contribution >= 4 is 5.91 Å². The number of carbonyl (C=O) groups excluding carboxylic acids is 1. The van der Waals surface area contributed by atoms with Gasteiger partial charge in [-0.1, -0.05) is 19.1 Å². The zero-order valence-electron chi connectivity index (χ0n) is 9.40. The van der Waals surface area contributed by atoms with Crippen LogP contribution in [0.15, 0.2) is 12.2 Å². The van der Waals surface area contributed by atoms with Gasteiger partial charge in [-0.05, 0) is 12.3 Å². The fourth-order valence-corrected chi connectivity index (χ4v) is 1.67. The highest BCUT2D eigenvalue weighted by molar-refractivity contribution is 5.81. The fourth-order valence-electron chi connectivity index (χ4n) is 1.67. The van der Waals surface area contributed by atoms with Crippen LogP contribution in [0.3, 0.4) is 0 Å². The summed E-state index contributed by atoms with van der Waals surface area (Å²) < 4.78 is 4.99. The number of hydrogen-bond donors (Lipinski definition) is 2. The van der Waals surface area contributed by atoms with Gasteiger partial charge in [-0.25, -0.2) is 0 Å². The Labute approximate surface area is 90.9 Å². The molecule has 0 aromatic carbocycles. The van der Waals surface area contributed by atoms with Gasteiger partial charge in [0.15, 0.2) is 0 Å². The molecule has 0 fully saturated rings. The largest absolute Gasteiger partial charge is 0.384 e. The van der Waals surface area contributed by atoms with E-state index in [1.54, 1.807) is 7.11 Å². The summed E-state index contributed by atoms with van der Waals surface area (Å²) in [6, 6.07) is 0.0390. The van der Waals surface area contributed by atoms with Crippen molar-refractivity contribution < 1.29 is 9.53 Å². The summed E-state index contributed by atoms with van der Waals surface area (Å²) >= 11 is 0. The number of amides is 1. The zero-order chi connectivity index (χ0) is 11.3. The highest BCUT2D eigenvalue weighted by Crippen LogP contribution is 2.16. The second kappa shape index (κ2) is 5.88. The van der Waals surface area contributed by atoms with Gasteiger partial charge in [-0.3, -0.25) is 4.79 Å². The molecule has 0 saturated heterocycles. The zero-order valence-corrected chi connectivity index (χ0v) is 9.40. The summed E-state index contributed by atoms with van der Waals surface area (Å²) in [4.78, 5) is 11.6. The average molecular weight is 212 g/mol. The van der Waals surface area contributed by atoms with Gasteiger partial charge < -0.3 is 15.8 Å². The Morgan fingerprint density at radius 1 is 1.67 bits per heavy atom. The molecule has 1 rings (SSSR count). The molecule has 0 saturated carbocycles. The van der Waals surface area contributed by atoms with E-state index in [0.717, 1.165) is 6.42 Å². The van der Waals surface area contributed by atoms with Crippen molar-refractivity contribution in [3.05, 3.63) is 12.2 Å². The highest BCUT2D eigenvalue weighted by atomic mass is 16.5. The van der Waals surface area contributed by atoms with Crippen LogP contribution < -0.4 is 11.1 Å². The first kappa shape index (κ1) is 12.2. The van der Waals surface area contributed by atoms with Crippen molar-refractivity contribution in [1.29, 1.82) is 0 Å². The molecule has 0 heterocycles. The number of rotatable bonds is 5. The van der Waals surface area contributed by atoms with Gasteiger partial charge in [-0.15, -0.1) is 0 Å². The molecule has 0 aromatic rings. The number of ether oxygens (including phenoxy) is 1. The Kier molecular flexibility index (Phi) is 4.78. The summed E-state index contributed by atoms with van der Waals surface area (Å²) in [5, 5.41) is 2.90. The summed E-state index contributed by atoms with van der Waals surface area (Å²) in [7, 11) is 1.66. The molecule has 4 heteroatoms. The molecule has 3 N–H and O–H groups in total. The minimum atomic E-state index is -0.0465. The van der Waals surface area contributed by atoms with Gasteiger partial charge in [0.1, 0.15) is 0 Å². The third kappa shape index (κ3) is 4.01. The Bertz CT molecular complexity index is 241. The first-order chi connectivity index (χ1) is 7.13. The van der Waals surface area contributed by atoms with Crippen LogP contribution in [-0.2, 0) is 9.53 Å². The second-order valence-electron chi connectivity index (χ2n) is 4.20. The summed E-state index contributed by atoms with van der Waals surface area (Å²) in [5.74, 6) is 0.370. The van der Waals surface area contributed by atoms with Gasteiger partial charge in [0.05, 0.1) is 12.5 Å². The Balaban J connectivity index is 2.22. The lowest BCUT2D eigenvalue weighted by atomic mass is 10.1. The molecule has 15 heavy (non-hydrogen) atoms. The summed E-state index contributed by atoms with van der Waals surface area (Å²) in [5.41, 5.74) is 5.68. The Morgan fingerprint density at radius 2 is 2.40 bits per heavy atom. The Morgan fingerprint density at radius 3 is 2.93 bits per heavy atom. The van der Waals surface area contributed by atoms with Crippen LogP contribution in [0, 0.1) is 11.8 Å². The van der Waals surface area contributed by atoms with Gasteiger partial charge >= 0.3 is 0 Å². The minimum Gasteiger partial charge on any atom is -0.384 e. The van der Waals surface area contributed by atoms with E-state index in [2.05, 4.69) is 5.32 Å². The van der Waals surface area contributed by atoms with Crippen molar-refractivity contribution in [2.45, 2.75) is 19.4 Å². The van der Waals surface area contributed by atoms with Crippen LogP contribution in [0.4, 0.5) is 0 Å². The normalized spacial score (nSPS) is 26.6. The fraction of sp³-hybridized carbons (Fsp3) is 0.727. The van der Waals surface area contributed by atoms with Gasteiger partial charge in [0.25, 0.3) is 0 Å². The van der Waals surface area contributed by atoms with E-state index in [1.165, 1.54) is 0 Å². The summed E-state index contributed by atoms with van der Waals surface area (Å²) in [6.45, 7) is 3.37. The molecule has 4 nitrogen and oxygen atoms in total. The van der Waals surface area contributed by atoms with Crippen molar-refractivity contribution in [1.82, 2.24) is 5.32 Å². The third-order valence-electron chi connectivity index (χ3n) is 2.53. The quantitative estimate of drug-likeness (QED) is 0.644. The van der Waals surface area contributed by atoms with Gasteiger partial charge in [-0.2, -0.15) is 0 Å². The van der Waals surface area contributed by atoms with E-state index in [9.17, 15) is 4.79 Å². The Hall–Kier alpha value is -0.870. The molecule has 86 valence electrons. The van der Waals surface area contributed by atoms with E-state index in [1.807, 2.05) is 19.1 Å². The van der Waals surface area contributed by atoms with Crippen LogP contribution >= 0.6 is 0 Å². The lowest BCUT2D eigenvalue weighted by Crippen LogP contribution is -2.34. The maximum atomic E-state index is 11.6. The van der Waals surface area contributed by atoms with Gasteiger partial charge in [0.2, 0.25) is 5.91 Å². The highest BCUT2D eigenvalue weighted by Gasteiger charge is 2.22. The molecule has 0 aliphatic heterocycles. The predicted molar refractivity (Wildman–Crippen MR) is 59.3 cm³/mol. The van der Waals surface area contributed by atoms with Crippen molar-refractivity contribution in [3.8, 4) is 0 Å². The monoisotopic (exact) mass is 212 g/mol. The van der Waals surface area contributed by atoms with Gasteiger partial charge in [0, 0.05) is 19.7 Å². The number of carbonyl (C=O) groups is 1. The van der Waals surface area contributed by atoms with E-state index < -0.39 is 0 Å². The molecule has 1 aliphatic carbocycles. The van der Waals surface area contributed by atoms with Crippen molar-refractivity contribution in [2.75, 3.05) is 20.3 Å². The molecule has 0 spiro atoms. The maximum Gasteiger partial charge on any atom is 0.227 e. The first-order valence-corrected chi connectivity index (χ1v) is 5.34. The third-order valence-corrected chi connectivity index (χ3v) is 2.53. The van der Waals surface area contributed by atoms with E-state index in [-0.39, 0.29) is 17.9 Å². The number of nitrogens with two attached hydrogens (primary N) is 1. The van der Waals surface area contributed by atoms with Crippen LogP contribution in [0.1, 0.15) is 13.3 Å². The SMILES string of the molecule is COCC(C)CNC(=O)C1C=CC(N)C1. The van der Waals surface area contributed by atoms with E-state index in [0.29, 0.717) is 19.1 Å². The van der Waals surface area contributed by atoms with Crippen molar-refractivity contribution in [3.63, 3.8) is 0 Å². The maximum absolute atomic E-state index is 11.6. The van der Waals surface area contributed by atoms with E-state index >= 15 is 0 Å². The van der Waals surface area contributed by atoms with E-state index in [4.69, 9.17) is 10.5 Å². The molecular weight excluding hydrogens is 192 g/mol. The van der Waals surface area contributed by atoms with Crippen LogP contribution in [0.2, 0.25) is 0 Å². The molecule has 1 amide bonds. The number of nitrogens with one attached hydrogen (secondary N) is 1. The number of hydrogen-bond acceptors (Lipinski definition) is 3. The smallest absolute Gasteiger partial charge is 0.227 e. The lowest BCUT2D eigenvalue weighted by Gasteiger charge is -2.14. The molecule has 3 atom stereocenters. The number of methoxy groups -OCH3 is 1. The van der Waals surface area contributed by atoms with Crippen LogP contribution in [0.25, 0.3) is 0 Å². The van der Waals surface area contributed by atoms with Crippen LogP contribution in [0.5, 0.6) is 0 Å². The van der Waals surface area contributed by atoms with Crippen molar-refractivity contribution in [2.24, 2.45) is 17.6 Å². The first-order valence-electron chi connectivity index (χ1n) is 5.34. The average Bonchev–Trinajstić information content (AvgIpc) is 2.62. The minimum absolute atomic E-state index is 0.0390. The molecular formula is C11H20N2O2. The lowest BCUT2D eigenvalue weighted by molar-refractivity contribution is -0.123. The molecule has 0 bridgehead atoms. The second-order valence-corrected chi connectivity index (χ2v) is 4.20. The molecule has 1 aliphatic rings. The summed E-state index contributed by atoms with van der Waals surface area (Å²) in [6.07, 6.45) is 4.51. The predicted octanol–water partition coefficient (Wildman–Crippen LogP) is 0.289. The molecule has 0 radical (unpaired) electrons. The topological polar surface area (TPSA) is 64.3 Å². The molecule has 3 unspecified atom stereocenters. The van der Waals surface area contributed by atoms with Crippen LogP contribution in [-0.4, -0.2) is 32.2 Å². The standard InChI is InChI=1S/C11H20N2O2/c1-8(7-15-2)6-13-11(14)9-3-4-10(12)5-9/h3-4,8-10H,5-7,12H2,1-2H3,(H,13,14).